The maximum absolute atomic E-state index is 12.1. The number of rotatable bonds is 5. The van der Waals surface area contributed by atoms with Crippen LogP contribution in [0.15, 0.2) is 53.7 Å². The summed E-state index contributed by atoms with van der Waals surface area (Å²) in [5.74, 6) is 0.903. The number of hydrogen-bond acceptors (Lipinski definition) is 4. The van der Waals surface area contributed by atoms with Gasteiger partial charge in [-0.2, -0.15) is 0 Å². The fourth-order valence-electron chi connectivity index (χ4n) is 2.37. The molecule has 128 valence electrons. The summed E-state index contributed by atoms with van der Waals surface area (Å²) in [6.07, 6.45) is 0. The van der Waals surface area contributed by atoms with Gasteiger partial charge < -0.3 is 9.88 Å². The molecule has 5 nitrogen and oxygen atoms in total. The quantitative estimate of drug-likeness (QED) is 0.683. The Balaban J connectivity index is 1.65. The number of hydrogen-bond donors (Lipinski definition) is 1. The van der Waals surface area contributed by atoms with Gasteiger partial charge in [-0.05, 0) is 31.2 Å². The van der Waals surface area contributed by atoms with Gasteiger partial charge in [0.1, 0.15) is 0 Å². The van der Waals surface area contributed by atoms with E-state index in [9.17, 15) is 4.79 Å². The summed E-state index contributed by atoms with van der Waals surface area (Å²) in [6.45, 7) is 2.04. The van der Waals surface area contributed by atoms with Gasteiger partial charge in [0.15, 0.2) is 11.0 Å². The maximum atomic E-state index is 12.1. The Morgan fingerprint density at radius 2 is 2.00 bits per heavy atom. The molecule has 1 amide bonds. The van der Waals surface area contributed by atoms with Gasteiger partial charge >= 0.3 is 0 Å². The molecule has 0 unspecified atom stereocenters. The van der Waals surface area contributed by atoms with Crippen LogP contribution in [0.2, 0.25) is 5.02 Å². The Bertz CT molecular complexity index is 910. The molecule has 1 aromatic heterocycles. The number of amides is 1. The summed E-state index contributed by atoms with van der Waals surface area (Å²) in [7, 11) is 1.90. The SMILES string of the molecule is Cc1cccc(-c2nnc(SCC(=O)Nc3cccc(Cl)c3)n2C)c1. The fraction of sp³-hybridized carbons (Fsp3) is 0.167. The van der Waals surface area contributed by atoms with Gasteiger partial charge in [-0.1, -0.05) is 53.2 Å². The van der Waals surface area contributed by atoms with Crippen molar-refractivity contribution in [2.75, 3.05) is 11.1 Å². The number of halogens is 1. The lowest BCUT2D eigenvalue weighted by molar-refractivity contribution is -0.113. The lowest BCUT2D eigenvalue weighted by atomic mass is 10.1. The lowest BCUT2D eigenvalue weighted by Crippen LogP contribution is -2.14. The van der Waals surface area contributed by atoms with Gasteiger partial charge in [0.2, 0.25) is 5.91 Å². The molecule has 1 N–H and O–H groups in total. The number of anilines is 1. The van der Waals surface area contributed by atoms with Crippen molar-refractivity contribution >= 4 is 35.0 Å². The molecule has 7 heteroatoms. The number of benzene rings is 2. The second-order valence-corrected chi connectivity index (χ2v) is 6.96. The van der Waals surface area contributed by atoms with Crippen molar-refractivity contribution in [1.82, 2.24) is 14.8 Å². The first-order chi connectivity index (χ1) is 12.0. The predicted molar refractivity (Wildman–Crippen MR) is 102 cm³/mol. The Labute approximate surface area is 155 Å². The van der Waals surface area contributed by atoms with Gasteiger partial charge in [-0.25, -0.2) is 0 Å². The Hall–Kier alpha value is -2.31. The van der Waals surface area contributed by atoms with Crippen molar-refractivity contribution in [3.8, 4) is 11.4 Å². The van der Waals surface area contributed by atoms with E-state index in [2.05, 4.69) is 21.6 Å². The van der Waals surface area contributed by atoms with Gasteiger partial charge in [-0.3, -0.25) is 4.79 Å². The third-order valence-corrected chi connectivity index (χ3v) is 4.81. The van der Waals surface area contributed by atoms with Crippen molar-refractivity contribution in [3.63, 3.8) is 0 Å². The minimum Gasteiger partial charge on any atom is -0.325 e. The molecule has 0 aliphatic rings. The van der Waals surface area contributed by atoms with E-state index >= 15 is 0 Å². The van der Waals surface area contributed by atoms with Crippen molar-refractivity contribution in [2.45, 2.75) is 12.1 Å². The van der Waals surface area contributed by atoms with Crippen LogP contribution in [0.3, 0.4) is 0 Å². The average Bonchev–Trinajstić information content (AvgIpc) is 2.94. The van der Waals surface area contributed by atoms with Gasteiger partial charge in [0, 0.05) is 23.3 Å². The van der Waals surface area contributed by atoms with Crippen LogP contribution in [0.5, 0.6) is 0 Å². The van der Waals surface area contributed by atoms with E-state index in [1.54, 1.807) is 24.3 Å². The first-order valence-corrected chi connectivity index (χ1v) is 9.04. The maximum Gasteiger partial charge on any atom is 0.234 e. The second kappa shape index (κ2) is 7.72. The van der Waals surface area contributed by atoms with E-state index in [0.717, 1.165) is 17.0 Å². The molecule has 0 bridgehead atoms. The number of aromatic nitrogens is 3. The summed E-state index contributed by atoms with van der Waals surface area (Å²) in [5.41, 5.74) is 2.84. The molecule has 0 radical (unpaired) electrons. The summed E-state index contributed by atoms with van der Waals surface area (Å²) in [5, 5.41) is 12.5. The van der Waals surface area contributed by atoms with Gasteiger partial charge in [0.05, 0.1) is 5.75 Å². The van der Waals surface area contributed by atoms with Gasteiger partial charge in [-0.15, -0.1) is 10.2 Å². The van der Waals surface area contributed by atoms with E-state index in [0.29, 0.717) is 15.9 Å². The number of thioether (sulfide) groups is 1. The van der Waals surface area contributed by atoms with E-state index in [1.807, 2.05) is 36.7 Å². The minimum absolute atomic E-state index is 0.118. The van der Waals surface area contributed by atoms with Crippen LogP contribution in [0.1, 0.15) is 5.56 Å². The Kier molecular flexibility index (Phi) is 5.40. The fourth-order valence-corrected chi connectivity index (χ4v) is 3.27. The highest BCUT2D eigenvalue weighted by Crippen LogP contribution is 2.23. The summed E-state index contributed by atoms with van der Waals surface area (Å²) < 4.78 is 1.89. The van der Waals surface area contributed by atoms with Crippen LogP contribution in [0.25, 0.3) is 11.4 Å². The topological polar surface area (TPSA) is 59.8 Å². The van der Waals surface area contributed by atoms with Crippen LogP contribution < -0.4 is 5.32 Å². The van der Waals surface area contributed by atoms with Crippen LogP contribution in [-0.2, 0) is 11.8 Å². The Morgan fingerprint density at radius 1 is 1.20 bits per heavy atom. The largest absolute Gasteiger partial charge is 0.325 e. The second-order valence-electron chi connectivity index (χ2n) is 5.58. The number of nitrogens with zero attached hydrogens (tertiary/aromatic N) is 3. The zero-order valence-electron chi connectivity index (χ0n) is 13.9. The molecule has 0 aliphatic heterocycles. The van der Waals surface area contributed by atoms with Crippen molar-refractivity contribution < 1.29 is 4.79 Å². The molecular formula is C18H17ClN4OS. The zero-order valence-corrected chi connectivity index (χ0v) is 15.4. The number of carbonyl (C=O) groups excluding carboxylic acids is 1. The van der Waals surface area contributed by atoms with Crippen LogP contribution in [0, 0.1) is 6.92 Å². The van der Waals surface area contributed by atoms with Crippen molar-refractivity contribution in [2.24, 2.45) is 7.05 Å². The van der Waals surface area contributed by atoms with E-state index in [1.165, 1.54) is 11.8 Å². The molecular weight excluding hydrogens is 356 g/mol. The average molecular weight is 373 g/mol. The van der Waals surface area contributed by atoms with Crippen LogP contribution in [0.4, 0.5) is 5.69 Å². The number of nitrogens with one attached hydrogen (secondary N) is 1. The van der Waals surface area contributed by atoms with E-state index in [4.69, 9.17) is 11.6 Å². The third-order valence-electron chi connectivity index (χ3n) is 3.55. The lowest BCUT2D eigenvalue weighted by Gasteiger charge is -2.06. The van der Waals surface area contributed by atoms with Crippen LogP contribution in [-0.4, -0.2) is 26.4 Å². The normalized spacial score (nSPS) is 10.7. The summed E-state index contributed by atoms with van der Waals surface area (Å²) in [4.78, 5) is 12.1. The molecule has 1 heterocycles. The van der Waals surface area contributed by atoms with Crippen LogP contribution >= 0.6 is 23.4 Å². The van der Waals surface area contributed by atoms with E-state index in [-0.39, 0.29) is 11.7 Å². The summed E-state index contributed by atoms with van der Waals surface area (Å²) >= 11 is 7.26. The molecule has 0 atom stereocenters. The first-order valence-electron chi connectivity index (χ1n) is 7.67. The molecule has 0 spiro atoms. The molecule has 0 saturated heterocycles. The molecule has 2 aromatic carbocycles. The summed E-state index contributed by atoms with van der Waals surface area (Å²) in [6, 6.07) is 15.1. The first kappa shape index (κ1) is 17.5. The zero-order chi connectivity index (χ0) is 17.8. The van der Waals surface area contributed by atoms with Crippen molar-refractivity contribution in [3.05, 3.63) is 59.1 Å². The predicted octanol–water partition coefficient (Wildman–Crippen LogP) is 4.17. The third kappa shape index (κ3) is 4.41. The van der Waals surface area contributed by atoms with Crippen molar-refractivity contribution in [1.29, 1.82) is 0 Å². The molecule has 0 fully saturated rings. The van der Waals surface area contributed by atoms with Gasteiger partial charge in [0.25, 0.3) is 0 Å². The minimum atomic E-state index is -0.118. The highest BCUT2D eigenvalue weighted by atomic mass is 35.5. The highest BCUT2D eigenvalue weighted by molar-refractivity contribution is 7.99. The smallest absolute Gasteiger partial charge is 0.234 e. The molecule has 3 aromatic rings. The molecule has 3 rings (SSSR count). The molecule has 25 heavy (non-hydrogen) atoms. The number of carbonyl (C=O) groups is 1. The van der Waals surface area contributed by atoms with E-state index < -0.39 is 0 Å². The Morgan fingerprint density at radius 3 is 2.76 bits per heavy atom. The monoisotopic (exact) mass is 372 g/mol. The molecule has 0 saturated carbocycles. The standard InChI is InChI=1S/C18H17ClN4OS/c1-12-5-3-6-13(9-12)17-21-22-18(23(17)2)25-11-16(24)20-15-8-4-7-14(19)10-15/h3-10H,11H2,1-2H3,(H,20,24). The molecule has 0 aliphatic carbocycles. The number of aryl methyl sites for hydroxylation is 1. The highest BCUT2D eigenvalue weighted by Gasteiger charge is 2.13.